The van der Waals surface area contributed by atoms with E-state index in [0.29, 0.717) is 0 Å². The summed E-state index contributed by atoms with van der Waals surface area (Å²) in [6.07, 6.45) is 0. The Kier molecular flexibility index (Phi) is 8.08. The maximum absolute atomic E-state index is 11.4. The van der Waals surface area contributed by atoms with Gasteiger partial charge in [-0.15, -0.1) is 11.4 Å². The van der Waals surface area contributed by atoms with Crippen LogP contribution in [0.2, 0.25) is 0 Å². The quantitative estimate of drug-likeness (QED) is 0.439. The van der Waals surface area contributed by atoms with Gasteiger partial charge in [-0.2, -0.15) is 0 Å². The van der Waals surface area contributed by atoms with Crippen molar-refractivity contribution in [3.63, 3.8) is 0 Å². The van der Waals surface area contributed by atoms with Gasteiger partial charge in [0.1, 0.15) is 10.9 Å². The second kappa shape index (κ2) is 6.20. The van der Waals surface area contributed by atoms with Gasteiger partial charge in [0.25, 0.3) is 0 Å². The van der Waals surface area contributed by atoms with Gasteiger partial charge < -0.3 is 9.79 Å². The van der Waals surface area contributed by atoms with Crippen LogP contribution in [0.4, 0.5) is 0 Å². The van der Waals surface area contributed by atoms with E-state index in [-0.39, 0.29) is 29.5 Å². The van der Waals surface area contributed by atoms with Gasteiger partial charge in [0.15, 0.2) is 4.75 Å². The molecule has 0 spiro atoms. The van der Waals surface area contributed by atoms with Gasteiger partial charge in [0.2, 0.25) is 0 Å². The first-order valence-electron chi connectivity index (χ1n) is 3.82. The van der Waals surface area contributed by atoms with E-state index in [4.69, 9.17) is 0 Å². The molecule has 0 aliphatic rings. The molecule has 74 valence electrons. The predicted molar refractivity (Wildman–Crippen MR) is 56.8 cm³/mol. The molecule has 0 aromatic carbocycles. The Hall–Kier alpha value is 1.54. The average molecular weight is 293 g/mol. The van der Waals surface area contributed by atoms with Crippen molar-refractivity contribution in [2.24, 2.45) is 0 Å². The van der Waals surface area contributed by atoms with Gasteiger partial charge in [-0.25, -0.2) is 0 Å². The molecular formula is C7H16O2PS2Zn+. The van der Waals surface area contributed by atoms with E-state index in [1.807, 2.05) is 34.6 Å². The number of hydrogen-bond acceptors (Lipinski definition) is 3. The topological polar surface area (TPSA) is 46.1 Å². The fourth-order valence-corrected chi connectivity index (χ4v) is 9.49. The van der Waals surface area contributed by atoms with Gasteiger partial charge >= 0.3 is 19.5 Å². The predicted octanol–water partition coefficient (Wildman–Crippen LogP) is 1.40. The summed E-state index contributed by atoms with van der Waals surface area (Å²) in [5, 5.41) is 0.142. The molecule has 13 heavy (non-hydrogen) atoms. The summed E-state index contributed by atoms with van der Waals surface area (Å²) in [5.41, 5.74) is -3.29. The Balaban J connectivity index is 0. The minimum atomic E-state index is -3.29. The van der Waals surface area contributed by atoms with Crippen molar-refractivity contribution in [3.05, 3.63) is 0 Å². The molecule has 0 saturated carbocycles. The van der Waals surface area contributed by atoms with Crippen molar-refractivity contribution in [1.29, 1.82) is 0 Å². The summed E-state index contributed by atoms with van der Waals surface area (Å²) in [6, 6.07) is 0. The zero-order chi connectivity index (χ0) is 9.99. The van der Waals surface area contributed by atoms with Crippen LogP contribution < -0.4 is 9.79 Å². The van der Waals surface area contributed by atoms with Crippen LogP contribution in [0.5, 0.6) is 0 Å². The van der Waals surface area contributed by atoms with E-state index < -0.39 is 5.69 Å². The minimum absolute atomic E-state index is 0. The first-order chi connectivity index (χ1) is 5.12. The first-order valence-corrected chi connectivity index (χ1v) is 8.36. The van der Waals surface area contributed by atoms with E-state index in [9.17, 15) is 9.79 Å². The zero-order valence-corrected chi connectivity index (χ0v) is 14.4. The molecule has 0 atom stereocenters. The summed E-state index contributed by atoms with van der Waals surface area (Å²) < 4.78 is -0.209. The van der Waals surface area contributed by atoms with Crippen molar-refractivity contribution in [2.45, 2.75) is 44.6 Å². The van der Waals surface area contributed by atoms with E-state index in [1.165, 1.54) is 0 Å². The Morgan fingerprint density at radius 2 is 1.62 bits per heavy atom. The minimum Gasteiger partial charge on any atom is -0.789 e. The van der Waals surface area contributed by atoms with Gasteiger partial charge in [0.05, 0.1) is 0 Å². The van der Waals surface area contributed by atoms with Crippen molar-refractivity contribution in [1.82, 2.24) is 0 Å². The standard InChI is InChI=1S/C7H16O2PS2.Zn/c1-6(2)11-10(8,9)12-7(3,4)5;/h6H,1-5H3;/q-1;+2. The molecule has 0 heterocycles. The van der Waals surface area contributed by atoms with E-state index in [2.05, 4.69) is 0 Å². The van der Waals surface area contributed by atoms with Gasteiger partial charge in [0, 0.05) is 10.9 Å². The molecule has 2 nitrogen and oxygen atoms in total. The second-order valence-electron chi connectivity index (χ2n) is 3.81. The van der Waals surface area contributed by atoms with Crippen LogP contribution in [-0.4, -0.2) is 10.00 Å². The van der Waals surface area contributed by atoms with E-state index in [0.717, 1.165) is 22.3 Å². The van der Waals surface area contributed by atoms with Crippen LogP contribution in [0.25, 0.3) is 0 Å². The van der Waals surface area contributed by atoms with E-state index >= 15 is 0 Å². The third-order valence-corrected chi connectivity index (χ3v) is 7.98. The maximum atomic E-state index is 11.4. The van der Waals surface area contributed by atoms with Crippen LogP contribution >= 0.6 is 17.1 Å². The molecule has 0 saturated heterocycles. The summed E-state index contributed by atoms with van der Waals surface area (Å²) in [4.78, 5) is 22.8. The molecule has 0 fully saturated rings. The average Bonchev–Trinajstić information content (AvgIpc) is 1.48. The summed E-state index contributed by atoms with van der Waals surface area (Å²) in [5.74, 6) is 0. The van der Waals surface area contributed by atoms with Gasteiger partial charge in [-0.1, -0.05) is 13.8 Å². The molecule has 6 heteroatoms. The molecule has 0 aliphatic heterocycles. The summed E-state index contributed by atoms with van der Waals surface area (Å²) in [7, 11) is 1.05. The third-order valence-electron chi connectivity index (χ3n) is 0.726. The molecule has 0 aromatic rings. The summed E-state index contributed by atoms with van der Waals surface area (Å²) >= 11 is 1.05. The fourth-order valence-electron chi connectivity index (χ4n) is 0.615. The number of hydrogen-bond donors (Lipinski definition) is 0. The van der Waals surface area contributed by atoms with Crippen LogP contribution in [0, 0.1) is 0 Å². The third kappa shape index (κ3) is 11.5. The van der Waals surface area contributed by atoms with Crippen LogP contribution in [0.3, 0.4) is 0 Å². The largest absolute Gasteiger partial charge is 2.00 e. The molecule has 0 radical (unpaired) electrons. The van der Waals surface area contributed by atoms with Crippen molar-refractivity contribution in [3.8, 4) is 0 Å². The van der Waals surface area contributed by atoms with E-state index in [1.54, 1.807) is 0 Å². The fraction of sp³-hybridized carbons (Fsp3) is 1.00. The Bertz CT molecular complexity index is 195. The Morgan fingerprint density at radius 3 is 1.85 bits per heavy atom. The SMILES string of the molecule is CC(C)SP([O-])([O-])=[S+]C(C)(C)C.[Zn+2]. The molecule has 0 rings (SSSR count). The van der Waals surface area contributed by atoms with Crippen LogP contribution in [-0.2, 0) is 30.4 Å². The van der Waals surface area contributed by atoms with Crippen molar-refractivity contribution in [2.75, 3.05) is 0 Å². The molecule has 0 amide bonds. The molecule has 0 aliphatic carbocycles. The van der Waals surface area contributed by atoms with Gasteiger partial charge in [-0.05, 0) is 20.8 Å². The summed E-state index contributed by atoms with van der Waals surface area (Å²) in [6.45, 7) is 9.49. The number of rotatable bonds is 2. The normalized spacial score (nSPS) is 12.6. The van der Waals surface area contributed by atoms with Crippen molar-refractivity contribution < 1.29 is 29.3 Å². The zero-order valence-electron chi connectivity index (χ0n) is 8.86. The Labute approximate surface area is 102 Å². The van der Waals surface area contributed by atoms with Crippen LogP contribution in [0.15, 0.2) is 0 Å². The van der Waals surface area contributed by atoms with Crippen LogP contribution in [0.1, 0.15) is 34.6 Å². The second-order valence-corrected chi connectivity index (χ2v) is 12.0. The molecular weight excluding hydrogens is 277 g/mol. The molecule has 0 N–H and O–H groups in total. The maximum Gasteiger partial charge on any atom is 2.00 e. The first kappa shape index (κ1) is 17.0. The molecule has 0 bridgehead atoms. The monoisotopic (exact) mass is 291 g/mol. The smallest absolute Gasteiger partial charge is 0.789 e. The molecule has 0 unspecified atom stereocenters. The Morgan fingerprint density at radius 1 is 1.23 bits per heavy atom. The van der Waals surface area contributed by atoms with Crippen molar-refractivity contribution >= 4 is 28.0 Å². The molecule has 0 aromatic heterocycles. The van der Waals surface area contributed by atoms with Gasteiger partial charge in [-0.3, -0.25) is 0 Å².